The maximum absolute atomic E-state index is 12.6. The molecule has 1 fully saturated rings. The van der Waals surface area contributed by atoms with Gasteiger partial charge in [0.1, 0.15) is 11.5 Å². The third kappa shape index (κ3) is 3.98. The van der Waals surface area contributed by atoms with E-state index < -0.39 is 0 Å². The van der Waals surface area contributed by atoms with E-state index >= 15 is 0 Å². The summed E-state index contributed by atoms with van der Waals surface area (Å²) in [7, 11) is 0. The minimum Gasteiger partial charge on any atom is -0.464 e. The van der Waals surface area contributed by atoms with Crippen LogP contribution in [0.2, 0.25) is 0 Å². The normalized spacial score (nSPS) is 17.9. The Kier molecular flexibility index (Phi) is 5.56. The van der Waals surface area contributed by atoms with Gasteiger partial charge in [-0.05, 0) is 44.7 Å². The van der Waals surface area contributed by atoms with Crippen LogP contribution in [0, 0.1) is 6.92 Å². The van der Waals surface area contributed by atoms with Gasteiger partial charge < -0.3 is 14.6 Å². The highest BCUT2D eigenvalue weighted by atomic mass is 32.1. The molecule has 0 radical (unpaired) electrons. The second kappa shape index (κ2) is 7.83. The first kappa shape index (κ1) is 17.0. The zero-order chi connectivity index (χ0) is 16.9. The van der Waals surface area contributed by atoms with Crippen LogP contribution < -0.4 is 5.32 Å². The van der Waals surface area contributed by atoms with Crippen LogP contribution in [0.25, 0.3) is 0 Å². The first-order valence-electron chi connectivity index (χ1n) is 8.71. The average Bonchev–Trinajstić information content (AvgIpc) is 3.23. The molecular weight excluding hydrogens is 322 g/mol. The van der Waals surface area contributed by atoms with Crippen molar-refractivity contribution in [3.05, 3.63) is 39.7 Å². The van der Waals surface area contributed by atoms with Gasteiger partial charge in [-0.2, -0.15) is 0 Å². The predicted octanol–water partition coefficient (Wildman–Crippen LogP) is 4.09. The van der Waals surface area contributed by atoms with Crippen molar-refractivity contribution in [2.45, 2.75) is 52.0 Å². The zero-order valence-corrected chi connectivity index (χ0v) is 15.2. The zero-order valence-electron chi connectivity index (χ0n) is 14.4. The van der Waals surface area contributed by atoms with Gasteiger partial charge in [-0.15, -0.1) is 11.3 Å². The summed E-state index contributed by atoms with van der Waals surface area (Å²) in [5.74, 6) is 1.79. The Morgan fingerprint density at radius 3 is 3.04 bits per heavy atom. The summed E-state index contributed by atoms with van der Waals surface area (Å²) >= 11 is 1.73. The molecule has 0 saturated carbocycles. The number of rotatable bonds is 5. The van der Waals surface area contributed by atoms with Crippen molar-refractivity contribution >= 4 is 17.4 Å². The minimum absolute atomic E-state index is 0.000948. The van der Waals surface area contributed by atoms with Crippen molar-refractivity contribution in [2.75, 3.05) is 13.1 Å². The molecule has 24 heavy (non-hydrogen) atoms. The molecule has 1 N–H and O–H groups in total. The van der Waals surface area contributed by atoms with E-state index in [0.29, 0.717) is 6.54 Å². The van der Waals surface area contributed by atoms with E-state index in [1.165, 1.54) is 4.88 Å². The van der Waals surface area contributed by atoms with Gasteiger partial charge >= 0.3 is 6.03 Å². The topological polar surface area (TPSA) is 58.4 Å². The number of amides is 2. The monoisotopic (exact) mass is 347 g/mol. The Balaban J connectivity index is 1.56. The standard InChI is InChI=1S/C18H25N3O2S/c1-3-14-12-20-17(24-14)9-10-19-18(22)21-11-5-4-6-15(21)16-8-7-13(2)23-16/h7-8,12,15H,3-6,9-11H2,1-2H3,(H,19,22). The van der Waals surface area contributed by atoms with Crippen molar-refractivity contribution in [3.63, 3.8) is 0 Å². The summed E-state index contributed by atoms with van der Waals surface area (Å²) in [6, 6.07) is 4.02. The molecule has 1 aliphatic heterocycles. The molecule has 1 unspecified atom stereocenters. The second-order valence-corrected chi connectivity index (χ2v) is 7.41. The number of nitrogens with zero attached hydrogens (tertiary/aromatic N) is 2. The van der Waals surface area contributed by atoms with E-state index in [2.05, 4.69) is 17.2 Å². The highest BCUT2D eigenvalue weighted by Gasteiger charge is 2.29. The minimum atomic E-state index is 0.000948. The van der Waals surface area contributed by atoms with Crippen LogP contribution in [-0.4, -0.2) is 29.0 Å². The van der Waals surface area contributed by atoms with Crippen LogP contribution in [-0.2, 0) is 12.8 Å². The van der Waals surface area contributed by atoms with Crippen LogP contribution in [0.5, 0.6) is 0 Å². The van der Waals surface area contributed by atoms with Crippen molar-refractivity contribution in [2.24, 2.45) is 0 Å². The molecule has 0 spiro atoms. The summed E-state index contributed by atoms with van der Waals surface area (Å²) in [6.45, 7) is 5.48. The number of thiazole rings is 1. The molecule has 1 saturated heterocycles. The number of hydrogen-bond acceptors (Lipinski definition) is 4. The number of piperidine rings is 1. The fourth-order valence-electron chi connectivity index (χ4n) is 3.11. The molecule has 2 aromatic heterocycles. The van der Waals surface area contributed by atoms with Crippen LogP contribution in [0.15, 0.2) is 22.7 Å². The molecule has 3 heterocycles. The number of aromatic nitrogens is 1. The summed E-state index contributed by atoms with van der Waals surface area (Å²) < 4.78 is 5.76. The lowest BCUT2D eigenvalue weighted by Gasteiger charge is -2.34. The highest BCUT2D eigenvalue weighted by molar-refractivity contribution is 7.11. The first-order chi connectivity index (χ1) is 11.7. The van der Waals surface area contributed by atoms with Crippen LogP contribution in [0.4, 0.5) is 4.79 Å². The Morgan fingerprint density at radius 1 is 1.46 bits per heavy atom. The third-order valence-corrected chi connectivity index (χ3v) is 5.62. The van der Waals surface area contributed by atoms with E-state index in [0.717, 1.165) is 55.2 Å². The lowest BCUT2D eigenvalue weighted by atomic mass is 10.0. The summed E-state index contributed by atoms with van der Waals surface area (Å²) in [5, 5.41) is 4.13. The largest absolute Gasteiger partial charge is 0.464 e. The summed E-state index contributed by atoms with van der Waals surface area (Å²) in [6.07, 6.45) is 6.88. The number of aryl methyl sites for hydroxylation is 2. The van der Waals surface area contributed by atoms with Gasteiger partial charge in [0.05, 0.1) is 11.0 Å². The number of hydrogen-bond donors (Lipinski definition) is 1. The maximum Gasteiger partial charge on any atom is 0.318 e. The summed E-state index contributed by atoms with van der Waals surface area (Å²) in [5.41, 5.74) is 0. The fourth-order valence-corrected chi connectivity index (χ4v) is 3.97. The highest BCUT2D eigenvalue weighted by Crippen LogP contribution is 2.31. The lowest BCUT2D eigenvalue weighted by molar-refractivity contribution is 0.139. The fraction of sp³-hybridized carbons (Fsp3) is 0.556. The molecule has 5 nitrogen and oxygen atoms in total. The summed E-state index contributed by atoms with van der Waals surface area (Å²) in [4.78, 5) is 20.2. The van der Waals surface area contributed by atoms with Gasteiger partial charge in [-0.25, -0.2) is 9.78 Å². The molecule has 130 valence electrons. The van der Waals surface area contributed by atoms with E-state index in [1.54, 1.807) is 11.3 Å². The number of nitrogens with one attached hydrogen (secondary N) is 1. The predicted molar refractivity (Wildman–Crippen MR) is 95.3 cm³/mol. The van der Waals surface area contributed by atoms with Crippen LogP contribution >= 0.6 is 11.3 Å². The van der Waals surface area contributed by atoms with Crippen molar-refractivity contribution in [3.8, 4) is 0 Å². The number of urea groups is 1. The second-order valence-electron chi connectivity index (χ2n) is 6.21. The molecule has 0 aromatic carbocycles. The van der Waals surface area contributed by atoms with Gasteiger partial charge in [0.25, 0.3) is 0 Å². The molecule has 0 bridgehead atoms. The quantitative estimate of drug-likeness (QED) is 0.886. The Morgan fingerprint density at radius 2 is 2.33 bits per heavy atom. The molecule has 3 rings (SSSR count). The molecule has 2 aromatic rings. The molecule has 1 atom stereocenters. The third-order valence-electron chi connectivity index (χ3n) is 4.42. The number of likely N-dealkylation sites (tertiary alicyclic amines) is 1. The number of furan rings is 1. The Bertz CT molecular complexity index is 679. The van der Waals surface area contributed by atoms with Gasteiger partial charge in [0.2, 0.25) is 0 Å². The van der Waals surface area contributed by atoms with Gasteiger partial charge in [-0.1, -0.05) is 6.92 Å². The molecular formula is C18H25N3O2S. The Hall–Kier alpha value is -1.82. The van der Waals surface area contributed by atoms with Crippen molar-refractivity contribution in [1.29, 1.82) is 0 Å². The smallest absolute Gasteiger partial charge is 0.318 e. The van der Waals surface area contributed by atoms with E-state index in [4.69, 9.17) is 4.42 Å². The van der Waals surface area contributed by atoms with Gasteiger partial charge in [0, 0.05) is 30.6 Å². The molecule has 1 aliphatic rings. The molecule has 6 heteroatoms. The number of carbonyl (C=O) groups is 1. The SMILES string of the molecule is CCc1cnc(CCNC(=O)N2CCCCC2c2ccc(C)o2)s1. The van der Waals surface area contributed by atoms with Gasteiger partial charge in [0.15, 0.2) is 0 Å². The van der Waals surface area contributed by atoms with Crippen LogP contribution in [0.1, 0.15) is 53.6 Å². The van der Waals surface area contributed by atoms with Crippen LogP contribution in [0.3, 0.4) is 0 Å². The number of carbonyl (C=O) groups excluding carboxylic acids is 1. The average molecular weight is 347 g/mol. The lowest BCUT2D eigenvalue weighted by Crippen LogP contribution is -2.45. The molecule has 0 aliphatic carbocycles. The molecule has 2 amide bonds. The maximum atomic E-state index is 12.6. The van der Waals surface area contributed by atoms with Crippen molar-refractivity contribution in [1.82, 2.24) is 15.2 Å². The van der Waals surface area contributed by atoms with E-state index in [-0.39, 0.29) is 12.1 Å². The van der Waals surface area contributed by atoms with E-state index in [9.17, 15) is 4.79 Å². The Labute approximate surface area is 147 Å². The van der Waals surface area contributed by atoms with Crippen molar-refractivity contribution < 1.29 is 9.21 Å². The first-order valence-corrected chi connectivity index (χ1v) is 9.53. The van der Waals surface area contributed by atoms with E-state index in [1.807, 2.05) is 30.2 Å². The van der Waals surface area contributed by atoms with Gasteiger partial charge in [-0.3, -0.25) is 0 Å².